The number of hydrogen-bond acceptors (Lipinski definition) is 3. The van der Waals surface area contributed by atoms with E-state index in [0.29, 0.717) is 24.4 Å². The third-order valence-corrected chi connectivity index (χ3v) is 3.79. The fourth-order valence-electron chi connectivity index (χ4n) is 2.75. The second kappa shape index (κ2) is 5.28. The summed E-state index contributed by atoms with van der Waals surface area (Å²) >= 11 is 5.86. The highest BCUT2D eigenvalue weighted by molar-refractivity contribution is 6.30. The van der Waals surface area contributed by atoms with Gasteiger partial charge >= 0.3 is 5.97 Å². The molecule has 6 heteroatoms. The summed E-state index contributed by atoms with van der Waals surface area (Å²) < 4.78 is 1.79. The van der Waals surface area contributed by atoms with Gasteiger partial charge in [-0.05, 0) is 32.2 Å². The van der Waals surface area contributed by atoms with E-state index in [2.05, 4.69) is 10.4 Å². The van der Waals surface area contributed by atoms with Crippen LogP contribution >= 0.6 is 11.6 Å². The van der Waals surface area contributed by atoms with Crippen LogP contribution in [0.4, 0.5) is 0 Å². The van der Waals surface area contributed by atoms with Crippen LogP contribution in [0.3, 0.4) is 0 Å². The molecule has 0 saturated heterocycles. The minimum Gasteiger partial charge on any atom is -0.480 e. The van der Waals surface area contributed by atoms with Gasteiger partial charge in [0.25, 0.3) is 0 Å². The van der Waals surface area contributed by atoms with Gasteiger partial charge in [-0.3, -0.25) is 9.48 Å². The minimum absolute atomic E-state index is 0.0985. The standard InChI is InChI=1S/C12H18ClN3O2/c1-2-14-12(11(17)18)5-3-4-10(6-12)16-8-9(13)7-15-16/h7-8,10,14H,2-6H2,1H3,(H,17,18). The van der Waals surface area contributed by atoms with Crippen LogP contribution in [0.1, 0.15) is 38.6 Å². The Bertz CT molecular complexity index is 431. The summed E-state index contributed by atoms with van der Waals surface area (Å²) in [5.41, 5.74) is -0.823. The predicted molar refractivity (Wildman–Crippen MR) is 68.8 cm³/mol. The largest absolute Gasteiger partial charge is 0.480 e. The van der Waals surface area contributed by atoms with E-state index in [0.717, 1.165) is 12.8 Å². The molecule has 0 radical (unpaired) electrons. The molecular formula is C12H18ClN3O2. The van der Waals surface area contributed by atoms with Crippen LogP contribution < -0.4 is 5.32 Å². The summed E-state index contributed by atoms with van der Waals surface area (Å²) in [5.74, 6) is -0.771. The molecule has 0 bridgehead atoms. The lowest BCUT2D eigenvalue weighted by Gasteiger charge is -2.38. The highest BCUT2D eigenvalue weighted by Crippen LogP contribution is 2.35. The van der Waals surface area contributed by atoms with Crippen molar-refractivity contribution >= 4 is 17.6 Å². The smallest absolute Gasteiger partial charge is 0.323 e. The van der Waals surface area contributed by atoms with Crippen molar-refractivity contribution in [3.8, 4) is 0 Å². The molecule has 2 unspecified atom stereocenters. The number of carboxylic acid groups (broad SMARTS) is 1. The van der Waals surface area contributed by atoms with Crippen molar-refractivity contribution in [1.29, 1.82) is 0 Å². The summed E-state index contributed by atoms with van der Waals surface area (Å²) in [5, 5.41) is 17.4. The van der Waals surface area contributed by atoms with Gasteiger partial charge in [0.1, 0.15) is 5.54 Å². The zero-order valence-corrected chi connectivity index (χ0v) is 11.2. The monoisotopic (exact) mass is 271 g/mol. The van der Waals surface area contributed by atoms with Crippen molar-refractivity contribution in [1.82, 2.24) is 15.1 Å². The first-order chi connectivity index (χ1) is 8.57. The summed E-state index contributed by atoms with van der Waals surface area (Å²) in [7, 11) is 0. The molecule has 2 N–H and O–H groups in total. The molecule has 0 aliphatic heterocycles. The van der Waals surface area contributed by atoms with Crippen LogP contribution in [0.2, 0.25) is 5.02 Å². The van der Waals surface area contributed by atoms with Crippen molar-refractivity contribution in [3.63, 3.8) is 0 Å². The summed E-state index contributed by atoms with van der Waals surface area (Å²) in [6.07, 6.45) is 6.39. The van der Waals surface area contributed by atoms with Crippen LogP contribution in [-0.2, 0) is 4.79 Å². The fraction of sp³-hybridized carbons (Fsp3) is 0.667. The van der Waals surface area contributed by atoms with Gasteiger partial charge in [-0.25, -0.2) is 0 Å². The van der Waals surface area contributed by atoms with E-state index < -0.39 is 11.5 Å². The van der Waals surface area contributed by atoms with Crippen LogP contribution in [-0.4, -0.2) is 32.9 Å². The van der Waals surface area contributed by atoms with E-state index in [1.165, 1.54) is 0 Å². The number of aromatic nitrogens is 2. The van der Waals surface area contributed by atoms with Gasteiger partial charge in [-0.2, -0.15) is 5.10 Å². The van der Waals surface area contributed by atoms with Crippen LogP contribution in [0.5, 0.6) is 0 Å². The maximum Gasteiger partial charge on any atom is 0.323 e. The minimum atomic E-state index is -0.823. The molecule has 0 amide bonds. The van der Waals surface area contributed by atoms with Crippen molar-refractivity contribution in [2.75, 3.05) is 6.54 Å². The average molecular weight is 272 g/mol. The molecule has 2 atom stereocenters. The van der Waals surface area contributed by atoms with Crippen molar-refractivity contribution in [3.05, 3.63) is 17.4 Å². The lowest BCUT2D eigenvalue weighted by Crippen LogP contribution is -2.55. The first-order valence-electron chi connectivity index (χ1n) is 6.25. The van der Waals surface area contributed by atoms with Gasteiger partial charge in [-0.15, -0.1) is 0 Å². The second-order valence-electron chi connectivity index (χ2n) is 4.81. The normalized spacial score (nSPS) is 28.2. The van der Waals surface area contributed by atoms with Crippen molar-refractivity contribution in [2.45, 2.75) is 44.2 Å². The van der Waals surface area contributed by atoms with Gasteiger partial charge in [-0.1, -0.05) is 18.5 Å². The van der Waals surface area contributed by atoms with Crippen LogP contribution in [0.25, 0.3) is 0 Å². The maximum atomic E-state index is 11.5. The van der Waals surface area contributed by atoms with Crippen LogP contribution in [0.15, 0.2) is 12.4 Å². The number of nitrogens with zero attached hydrogens (tertiary/aromatic N) is 2. The SMILES string of the molecule is CCNC1(C(=O)O)CCCC(n2cc(Cl)cn2)C1. The molecule has 1 aliphatic carbocycles. The number of aliphatic carboxylic acids is 1. The van der Waals surface area contributed by atoms with E-state index in [1.807, 2.05) is 6.92 Å². The lowest BCUT2D eigenvalue weighted by molar-refractivity contribution is -0.147. The number of carboxylic acids is 1. The van der Waals surface area contributed by atoms with Crippen LogP contribution in [0, 0.1) is 0 Å². The highest BCUT2D eigenvalue weighted by Gasteiger charge is 2.42. The Morgan fingerprint density at radius 3 is 3.11 bits per heavy atom. The number of halogens is 1. The summed E-state index contributed by atoms with van der Waals surface area (Å²) in [4.78, 5) is 11.5. The molecule has 0 aromatic carbocycles. The Kier molecular flexibility index (Phi) is 3.92. The van der Waals surface area contributed by atoms with Gasteiger partial charge in [0.05, 0.1) is 17.3 Å². The predicted octanol–water partition coefficient (Wildman–Crippen LogP) is 2.08. The Morgan fingerprint density at radius 2 is 2.56 bits per heavy atom. The molecule has 1 aromatic rings. The third-order valence-electron chi connectivity index (χ3n) is 3.59. The molecule has 1 heterocycles. The van der Waals surface area contributed by atoms with E-state index in [4.69, 9.17) is 11.6 Å². The van der Waals surface area contributed by atoms with Crippen molar-refractivity contribution in [2.24, 2.45) is 0 Å². The molecule has 1 saturated carbocycles. The molecule has 1 aromatic heterocycles. The quantitative estimate of drug-likeness (QED) is 0.880. The second-order valence-corrected chi connectivity index (χ2v) is 5.24. The number of carbonyl (C=O) groups is 1. The van der Waals surface area contributed by atoms with Gasteiger partial charge in [0.2, 0.25) is 0 Å². The van der Waals surface area contributed by atoms with Gasteiger partial charge < -0.3 is 10.4 Å². The summed E-state index contributed by atoms with van der Waals surface area (Å²) in [6, 6.07) is 0.0985. The molecular weight excluding hydrogens is 254 g/mol. The first kappa shape index (κ1) is 13.4. The number of likely N-dealkylation sites (N-methyl/N-ethyl adjacent to an activating group) is 1. The number of nitrogens with one attached hydrogen (secondary N) is 1. The maximum absolute atomic E-state index is 11.5. The Morgan fingerprint density at radius 1 is 1.78 bits per heavy atom. The van der Waals surface area contributed by atoms with Gasteiger partial charge in [0.15, 0.2) is 0 Å². The highest BCUT2D eigenvalue weighted by atomic mass is 35.5. The molecule has 1 fully saturated rings. The topological polar surface area (TPSA) is 67.2 Å². The van der Waals surface area contributed by atoms with E-state index in [-0.39, 0.29) is 6.04 Å². The Labute approximate surface area is 111 Å². The lowest BCUT2D eigenvalue weighted by atomic mass is 9.79. The zero-order valence-electron chi connectivity index (χ0n) is 10.4. The first-order valence-corrected chi connectivity index (χ1v) is 6.63. The molecule has 100 valence electrons. The number of rotatable bonds is 4. The third kappa shape index (κ3) is 2.52. The molecule has 2 rings (SSSR count). The van der Waals surface area contributed by atoms with E-state index in [1.54, 1.807) is 17.1 Å². The van der Waals surface area contributed by atoms with Gasteiger partial charge in [0, 0.05) is 6.20 Å². The molecule has 0 spiro atoms. The molecule has 18 heavy (non-hydrogen) atoms. The molecule has 5 nitrogen and oxygen atoms in total. The average Bonchev–Trinajstić information content (AvgIpc) is 2.76. The molecule has 1 aliphatic rings. The zero-order chi connectivity index (χ0) is 13.2. The van der Waals surface area contributed by atoms with E-state index in [9.17, 15) is 9.90 Å². The van der Waals surface area contributed by atoms with Crippen molar-refractivity contribution < 1.29 is 9.90 Å². The number of hydrogen-bond donors (Lipinski definition) is 2. The Balaban J connectivity index is 2.18. The summed E-state index contributed by atoms with van der Waals surface area (Å²) in [6.45, 7) is 2.58. The fourth-order valence-corrected chi connectivity index (χ4v) is 2.90. The van der Waals surface area contributed by atoms with E-state index >= 15 is 0 Å². The Hall–Kier alpha value is -1.07.